The topological polar surface area (TPSA) is 73.5 Å². The molecule has 1 amide bonds. The summed E-state index contributed by atoms with van der Waals surface area (Å²) >= 11 is 3.37. The molecule has 206 valence electrons. The highest BCUT2D eigenvalue weighted by molar-refractivity contribution is 9.10. The van der Waals surface area contributed by atoms with Gasteiger partial charge in [-0.25, -0.2) is 4.98 Å². The van der Waals surface area contributed by atoms with E-state index in [1.54, 1.807) is 24.3 Å². The number of aromatic nitrogens is 2. The molecule has 2 N–H and O–H groups in total. The molecule has 4 rings (SSSR count). The first kappa shape index (κ1) is 28.7. The summed E-state index contributed by atoms with van der Waals surface area (Å²) in [5, 5.41) is 2.72. The summed E-state index contributed by atoms with van der Waals surface area (Å²) in [5.74, 6) is 5.17. The maximum absolute atomic E-state index is 13.1. The fourth-order valence-electron chi connectivity index (χ4n) is 4.15. The Hall–Kier alpha value is -3.33. The minimum atomic E-state index is -4.55. The van der Waals surface area contributed by atoms with Gasteiger partial charge in [0.25, 0.3) is 0 Å². The van der Waals surface area contributed by atoms with Gasteiger partial charge in [-0.2, -0.15) is 13.2 Å². The number of carbonyl (C=O) groups is 1. The maximum atomic E-state index is 13.1. The molecule has 0 unspecified atom stereocenters. The molecule has 2 aromatic carbocycles. The summed E-state index contributed by atoms with van der Waals surface area (Å²) in [6.07, 6.45) is -3.81. The first-order valence-electron chi connectivity index (χ1n) is 12.5. The number of aromatic amines is 1. The molecule has 1 aliphatic heterocycles. The summed E-state index contributed by atoms with van der Waals surface area (Å²) in [7, 11) is 0. The number of H-pyrrole nitrogens is 1. The lowest BCUT2D eigenvalue weighted by atomic mass is 10.1. The zero-order chi connectivity index (χ0) is 28.0. The van der Waals surface area contributed by atoms with Crippen molar-refractivity contribution in [2.45, 2.75) is 26.1 Å². The zero-order valence-electron chi connectivity index (χ0n) is 21.6. The standard InChI is InChI=1S/C28H29BrF3N5O2/c1-19(2)37-12-10-36(11-13-37)14-15-39-24-8-7-21(27-33-18-25(35-27)28(30,31)32)17-23(24)34-26(38)9-6-20-4-3-5-22(29)16-20/h3-5,7-8,16-19H,10-15H2,1-2H3,(H,33,35)(H,34,38). The van der Waals surface area contributed by atoms with E-state index in [0.29, 0.717) is 36.1 Å². The highest BCUT2D eigenvalue weighted by atomic mass is 79.9. The average Bonchev–Trinajstić information content (AvgIpc) is 3.40. The SMILES string of the molecule is CC(C)N1CCN(CCOc2ccc(-c3ncc(C(F)(F)F)[nH]3)cc2NC(=O)C#Cc2cccc(Br)c2)CC1. The van der Waals surface area contributed by atoms with Gasteiger partial charge in [0.2, 0.25) is 0 Å². The van der Waals surface area contributed by atoms with Gasteiger partial charge >= 0.3 is 12.1 Å². The van der Waals surface area contributed by atoms with Gasteiger partial charge < -0.3 is 15.0 Å². The van der Waals surface area contributed by atoms with Crippen molar-refractivity contribution < 1.29 is 22.7 Å². The third-order valence-electron chi connectivity index (χ3n) is 6.33. The normalized spacial score (nSPS) is 14.6. The Labute approximate surface area is 233 Å². The van der Waals surface area contributed by atoms with Crippen molar-refractivity contribution in [1.29, 1.82) is 0 Å². The molecule has 1 aromatic heterocycles. The van der Waals surface area contributed by atoms with Crippen LogP contribution in [-0.2, 0) is 11.0 Å². The summed E-state index contributed by atoms with van der Waals surface area (Å²) in [4.78, 5) is 23.6. The van der Waals surface area contributed by atoms with Crippen molar-refractivity contribution in [3.63, 3.8) is 0 Å². The lowest BCUT2D eigenvalue weighted by Crippen LogP contribution is -2.49. The Balaban J connectivity index is 1.49. The van der Waals surface area contributed by atoms with Crippen molar-refractivity contribution in [3.8, 4) is 29.0 Å². The predicted molar refractivity (Wildman–Crippen MR) is 147 cm³/mol. The molecule has 2 heterocycles. The molecule has 39 heavy (non-hydrogen) atoms. The van der Waals surface area contributed by atoms with Crippen LogP contribution in [0.3, 0.4) is 0 Å². The number of carbonyl (C=O) groups excluding carboxylic acids is 1. The van der Waals surface area contributed by atoms with Gasteiger partial charge in [0.15, 0.2) is 0 Å². The van der Waals surface area contributed by atoms with Crippen molar-refractivity contribution in [2.24, 2.45) is 0 Å². The van der Waals surface area contributed by atoms with Crippen LogP contribution in [0.15, 0.2) is 53.1 Å². The van der Waals surface area contributed by atoms with E-state index >= 15 is 0 Å². The van der Waals surface area contributed by atoms with Crippen molar-refractivity contribution >= 4 is 27.5 Å². The van der Waals surface area contributed by atoms with E-state index in [4.69, 9.17) is 4.74 Å². The molecule has 3 aromatic rings. The van der Waals surface area contributed by atoms with E-state index in [1.165, 1.54) is 6.07 Å². The van der Waals surface area contributed by atoms with Gasteiger partial charge in [0.05, 0.1) is 11.9 Å². The average molecular weight is 604 g/mol. The monoisotopic (exact) mass is 603 g/mol. The number of rotatable bonds is 7. The van der Waals surface area contributed by atoms with Gasteiger partial charge in [-0.1, -0.05) is 27.9 Å². The first-order chi connectivity index (χ1) is 18.6. The Morgan fingerprint density at radius 3 is 2.62 bits per heavy atom. The number of nitrogens with one attached hydrogen (secondary N) is 2. The van der Waals surface area contributed by atoms with Crippen LogP contribution in [-0.4, -0.2) is 71.0 Å². The molecule has 0 spiro atoms. The molecule has 0 atom stereocenters. The van der Waals surface area contributed by atoms with Gasteiger partial charge in [0, 0.05) is 60.3 Å². The molecule has 1 saturated heterocycles. The second-order valence-corrected chi connectivity index (χ2v) is 10.3. The van der Waals surface area contributed by atoms with E-state index in [1.807, 2.05) is 12.1 Å². The molecule has 0 radical (unpaired) electrons. The second kappa shape index (κ2) is 12.7. The van der Waals surface area contributed by atoms with Crippen LogP contribution in [0.1, 0.15) is 25.1 Å². The van der Waals surface area contributed by atoms with E-state index in [-0.39, 0.29) is 11.5 Å². The number of hydrogen-bond donors (Lipinski definition) is 2. The molecular formula is C28H29BrF3N5O2. The van der Waals surface area contributed by atoms with Crippen LogP contribution >= 0.6 is 15.9 Å². The Kier molecular flexibility index (Phi) is 9.32. The third kappa shape index (κ3) is 8.08. The van der Waals surface area contributed by atoms with E-state index in [9.17, 15) is 18.0 Å². The van der Waals surface area contributed by atoms with Crippen LogP contribution in [0, 0.1) is 11.8 Å². The zero-order valence-corrected chi connectivity index (χ0v) is 23.2. The minimum Gasteiger partial charge on any atom is -0.490 e. The number of ether oxygens (including phenoxy) is 1. The molecule has 0 aliphatic carbocycles. The number of alkyl halides is 3. The largest absolute Gasteiger partial charge is 0.490 e. The predicted octanol–water partition coefficient (Wildman–Crippen LogP) is 5.25. The quantitative estimate of drug-likeness (QED) is 0.361. The van der Waals surface area contributed by atoms with Gasteiger partial charge in [-0.3, -0.25) is 14.6 Å². The van der Waals surface area contributed by atoms with Crippen molar-refractivity contribution in [1.82, 2.24) is 19.8 Å². The molecule has 1 fully saturated rings. The number of piperazine rings is 1. The van der Waals surface area contributed by atoms with E-state index in [0.717, 1.165) is 36.8 Å². The van der Waals surface area contributed by atoms with Crippen LogP contribution in [0.5, 0.6) is 5.75 Å². The van der Waals surface area contributed by atoms with E-state index in [2.05, 4.69) is 66.7 Å². The molecule has 0 saturated carbocycles. The minimum absolute atomic E-state index is 0.0209. The molecule has 0 bridgehead atoms. The smallest absolute Gasteiger partial charge is 0.432 e. The van der Waals surface area contributed by atoms with Gasteiger partial charge in [0.1, 0.15) is 23.9 Å². The third-order valence-corrected chi connectivity index (χ3v) is 6.82. The highest BCUT2D eigenvalue weighted by Gasteiger charge is 2.33. The highest BCUT2D eigenvalue weighted by Crippen LogP contribution is 2.33. The summed E-state index contributed by atoms with van der Waals surface area (Å²) in [6, 6.07) is 12.5. The number of anilines is 1. The number of nitrogens with zero attached hydrogens (tertiary/aromatic N) is 3. The first-order valence-corrected chi connectivity index (χ1v) is 13.3. The van der Waals surface area contributed by atoms with E-state index < -0.39 is 17.8 Å². The summed E-state index contributed by atoms with van der Waals surface area (Å²) in [6.45, 7) is 9.33. The van der Waals surface area contributed by atoms with Crippen LogP contribution < -0.4 is 10.1 Å². The second-order valence-electron chi connectivity index (χ2n) is 9.39. The Morgan fingerprint density at radius 2 is 1.95 bits per heavy atom. The Bertz CT molecular complexity index is 1350. The number of hydrogen-bond acceptors (Lipinski definition) is 5. The Morgan fingerprint density at radius 1 is 1.18 bits per heavy atom. The van der Waals surface area contributed by atoms with Crippen LogP contribution in [0.25, 0.3) is 11.4 Å². The molecule has 11 heteroatoms. The molecule has 1 aliphatic rings. The summed E-state index contributed by atoms with van der Waals surface area (Å²) in [5.41, 5.74) is 0.340. The van der Waals surface area contributed by atoms with Crippen LogP contribution in [0.4, 0.5) is 18.9 Å². The van der Waals surface area contributed by atoms with Crippen LogP contribution in [0.2, 0.25) is 0 Å². The van der Waals surface area contributed by atoms with Crippen molar-refractivity contribution in [2.75, 3.05) is 44.6 Å². The van der Waals surface area contributed by atoms with Gasteiger partial charge in [-0.15, -0.1) is 0 Å². The number of imidazole rings is 1. The van der Waals surface area contributed by atoms with Crippen molar-refractivity contribution in [3.05, 3.63) is 64.4 Å². The number of benzene rings is 2. The molecule has 7 nitrogen and oxygen atoms in total. The maximum Gasteiger partial charge on any atom is 0.432 e. The number of amides is 1. The lowest BCUT2D eigenvalue weighted by Gasteiger charge is -2.36. The van der Waals surface area contributed by atoms with Gasteiger partial charge in [-0.05, 0) is 50.2 Å². The lowest BCUT2D eigenvalue weighted by molar-refractivity contribution is -0.140. The number of halogens is 4. The summed E-state index contributed by atoms with van der Waals surface area (Å²) < 4.78 is 46.0. The molecular weight excluding hydrogens is 575 g/mol. The fraction of sp³-hybridized carbons (Fsp3) is 0.357. The fourth-order valence-corrected chi connectivity index (χ4v) is 4.55.